The van der Waals surface area contributed by atoms with Crippen molar-refractivity contribution in [1.29, 1.82) is 0 Å². The van der Waals surface area contributed by atoms with Crippen LogP contribution >= 0.6 is 0 Å². The summed E-state index contributed by atoms with van der Waals surface area (Å²) in [6, 6.07) is 8.04. The van der Waals surface area contributed by atoms with Gasteiger partial charge in [0.1, 0.15) is 5.75 Å². The van der Waals surface area contributed by atoms with Gasteiger partial charge in [-0.15, -0.1) is 0 Å². The lowest BCUT2D eigenvalue weighted by atomic mass is 10.1. The molecule has 1 atom stereocenters. The van der Waals surface area contributed by atoms with E-state index in [0.717, 1.165) is 30.8 Å². The van der Waals surface area contributed by atoms with E-state index in [1.54, 1.807) is 7.11 Å². The van der Waals surface area contributed by atoms with Gasteiger partial charge in [-0.3, -0.25) is 0 Å². The van der Waals surface area contributed by atoms with E-state index in [2.05, 4.69) is 18.9 Å². The normalized spacial score (nSPS) is 12.8. The van der Waals surface area contributed by atoms with Gasteiger partial charge in [0.15, 0.2) is 0 Å². The highest BCUT2D eigenvalue weighted by Crippen LogP contribution is 2.16. The van der Waals surface area contributed by atoms with E-state index in [1.165, 1.54) is 0 Å². The summed E-state index contributed by atoms with van der Waals surface area (Å²) in [6.07, 6.45) is 1.16. The summed E-state index contributed by atoms with van der Waals surface area (Å²) < 4.78 is 5.12. The van der Waals surface area contributed by atoms with E-state index in [9.17, 15) is 0 Å². The third kappa shape index (κ3) is 3.83. The van der Waals surface area contributed by atoms with Crippen LogP contribution in [0, 0.1) is 0 Å². The number of likely N-dealkylation sites (N-methyl/N-ethyl adjacent to an activating group) is 1. The fourth-order valence-corrected chi connectivity index (χ4v) is 1.77. The van der Waals surface area contributed by atoms with Crippen molar-refractivity contribution in [2.45, 2.75) is 19.4 Å². The zero-order valence-corrected chi connectivity index (χ0v) is 10.4. The lowest BCUT2D eigenvalue weighted by Gasteiger charge is -2.21. The molecule has 1 rings (SSSR count). The molecule has 3 nitrogen and oxygen atoms in total. The van der Waals surface area contributed by atoms with Crippen LogP contribution in [0.4, 0.5) is 0 Å². The van der Waals surface area contributed by atoms with Gasteiger partial charge in [0, 0.05) is 12.6 Å². The first-order valence-electron chi connectivity index (χ1n) is 5.75. The first kappa shape index (κ1) is 13.0. The zero-order chi connectivity index (χ0) is 12.0. The predicted molar refractivity (Wildman–Crippen MR) is 67.7 cm³/mol. The minimum absolute atomic E-state index is 0.0717. The molecule has 1 aromatic carbocycles. The molecule has 0 amide bonds. The molecule has 0 bridgehead atoms. The quantitative estimate of drug-likeness (QED) is 0.800. The lowest BCUT2D eigenvalue weighted by Crippen LogP contribution is -2.29. The Balaban J connectivity index is 2.55. The molecule has 0 heterocycles. The number of ether oxygens (including phenoxy) is 1. The van der Waals surface area contributed by atoms with Crippen LogP contribution in [0.2, 0.25) is 0 Å². The molecule has 0 saturated heterocycles. The first-order valence-corrected chi connectivity index (χ1v) is 5.75. The monoisotopic (exact) mass is 222 g/mol. The molecule has 1 unspecified atom stereocenters. The Bertz CT molecular complexity index is 297. The van der Waals surface area contributed by atoms with Crippen molar-refractivity contribution < 1.29 is 4.74 Å². The van der Waals surface area contributed by atoms with Gasteiger partial charge in [-0.05, 0) is 37.7 Å². The van der Waals surface area contributed by atoms with Crippen molar-refractivity contribution >= 4 is 0 Å². The Kier molecular flexibility index (Phi) is 5.29. The number of benzene rings is 1. The lowest BCUT2D eigenvalue weighted by molar-refractivity contribution is 0.313. The maximum Gasteiger partial charge on any atom is 0.118 e. The van der Waals surface area contributed by atoms with E-state index in [0.29, 0.717) is 0 Å². The van der Waals surface area contributed by atoms with E-state index in [4.69, 9.17) is 10.5 Å². The van der Waals surface area contributed by atoms with Crippen LogP contribution in [-0.4, -0.2) is 32.1 Å². The molecular weight excluding hydrogens is 200 g/mol. The van der Waals surface area contributed by atoms with E-state index >= 15 is 0 Å². The van der Waals surface area contributed by atoms with Gasteiger partial charge >= 0.3 is 0 Å². The van der Waals surface area contributed by atoms with Crippen molar-refractivity contribution in [1.82, 2.24) is 4.90 Å². The van der Waals surface area contributed by atoms with Gasteiger partial charge in [-0.25, -0.2) is 0 Å². The Morgan fingerprint density at radius 1 is 1.31 bits per heavy atom. The maximum absolute atomic E-state index is 6.14. The molecule has 0 fully saturated rings. The van der Waals surface area contributed by atoms with E-state index in [-0.39, 0.29) is 6.04 Å². The summed E-state index contributed by atoms with van der Waals surface area (Å²) in [5.41, 5.74) is 7.29. The van der Waals surface area contributed by atoms with Crippen molar-refractivity contribution in [3.63, 3.8) is 0 Å². The van der Waals surface area contributed by atoms with Crippen LogP contribution in [-0.2, 0) is 0 Å². The Morgan fingerprint density at radius 3 is 2.44 bits per heavy atom. The van der Waals surface area contributed by atoms with Crippen LogP contribution < -0.4 is 10.5 Å². The topological polar surface area (TPSA) is 38.5 Å². The second-order valence-corrected chi connectivity index (χ2v) is 4.14. The molecule has 2 N–H and O–H groups in total. The van der Waals surface area contributed by atoms with Gasteiger partial charge in [0.2, 0.25) is 0 Å². The van der Waals surface area contributed by atoms with Gasteiger partial charge in [0.25, 0.3) is 0 Å². The Hall–Kier alpha value is -1.06. The second-order valence-electron chi connectivity index (χ2n) is 4.14. The number of hydrogen-bond acceptors (Lipinski definition) is 3. The highest BCUT2D eigenvalue weighted by molar-refractivity contribution is 5.29. The fourth-order valence-electron chi connectivity index (χ4n) is 1.77. The third-order valence-corrected chi connectivity index (χ3v) is 2.66. The molecule has 0 saturated carbocycles. The van der Waals surface area contributed by atoms with E-state index < -0.39 is 0 Å². The fraction of sp³-hybridized carbons (Fsp3) is 0.538. The average Bonchev–Trinajstić information content (AvgIpc) is 2.29. The molecule has 0 aliphatic heterocycles. The minimum Gasteiger partial charge on any atom is -0.497 e. The van der Waals surface area contributed by atoms with Crippen molar-refractivity contribution in [3.8, 4) is 5.75 Å². The standard InChI is InChI=1S/C13H22N2O/c1-4-9-15(2)10-13(14)11-5-7-12(16-3)8-6-11/h5-8,13H,4,9-10,14H2,1-3H3. The third-order valence-electron chi connectivity index (χ3n) is 2.66. The van der Waals surface area contributed by atoms with Crippen molar-refractivity contribution in [2.75, 3.05) is 27.2 Å². The van der Waals surface area contributed by atoms with Gasteiger partial charge < -0.3 is 15.4 Å². The van der Waals surface area contributed by atoms with Gasteiger partial charge in [-0.1, -0.05) is 19.1 Å². The molecule has 0 radical (unpaired) electrons. The van der Waals surface area contributed by atoms with Crippen LogP contribution in [0.25, 0.3) is 0 Å². The first-order chi connectivity index (χ1) is 7.67. The SMILES string of the molecule is CCCN(C)CC(N)c1ccc(OC)cc1. The summed E-state index contributed by atoms with van der Waals surface area (Å²) in [4.78, 5) is 2.26. The average molecular weight is 222 g/mol. The molecule has 0 aliphatic rings. The molecule has 0 aliphatic carbocycles. The molecule has 0 spiro atoms. The summed E-state index contributed by atoms with van der Waals surface area (Å²) >= 11 is 0. The number of nitrogens with zero attached hydrogens (tertiary/aromatic N) is 1. The van der Waals surface area contributed by atoms with Gasteiger partial charge in [0.05, 0.1) is 7.11 Å². The summed E-state index contributed by atoms with van der Waals surface area (Å²) in [6.45, 7) is 4.15. The Labute approximate surface area is 98.2 Å². The molecule has 16 heavy (non-hydrogen) atoms. The van der Waals surface area contributed by atoms with Crippen molar-refractivity contribution in [3.05, 3.63) is 29.8 Å². The number of methoxy groups -OCH3 is 1. The molecular formula is C13H22N2O. The maximum atomic E-state index is 6.14. The molecule has 0 aromatic heterocycles. The van der Waals surface area contributed by atoms with Crippen LogP contribution in [0.3, 0.4) is 0 Å². The second kappa shape index (κ2) is 6.51. The minimum atomic E-state index is 0.0717. The summed E-state index contributed by atoms with van der Waals surface area (Å²) in [5.74, 6) is 0.873. The Morgan fingerprint density at radius 2 is 1.94 bits per heavy atom. The number of nitrogens with two attached hydrogens (primary N) is 1. The molecule has 3 heteroatoms. The van der Waals surface area contributed by atoms with Crippen molar-refractivity contribution in [2.24, 2.45) is 5.73 Å². The molecule has 90 valence electrons. The summed E-state index contributed by atoms with van der Waals surface area (Å²) in [7, 11) is 3.77. The molecule has 1 aromatic rings. The van der Waals surface area contributed by atoms with Gasteiger partial charge in [-0.2, -0.15) is 0 Å². The van der Waals surface area contributed by atoms with Crippen LogP contribution in [0.15, 0.2) is 24.3 Å². The number of hydrogen-bond donors (Lipinski definition) is 1. The summed E-state index contributed by atoms with van der Waals surface area (Å²) in [5, 5.41) is 0. The number of rotatable bonds is 6. The zero-order valence-electron chi connectivity index (χ0n) is 10.4. The highest BCUT2D eigenvalue weighted by Gasteiger charge is 2.08. The predicted octanol–water partition coefficient (Wildman–Crippen LogP) is 2.04. The van der Waals surface area contributed by atoms with Crippen LogP contribution in [0.5, 0.6) is 5.75 Å². The van der Waals surface area contributed by atoms with Crippen LogP contribution in [0.1, 0.15) is 24.9 Å². The van der Waals surface area contributed by atoms with E-state index in [1.807, 2.05) is 24.3 Å². The largest absolute Gasteiger partial charge is 0.497 e. The smallest absolute Gasteiger partial charge is 0.118 e. The highest BCUT2D eigenvalue weighted by atomic mass is 16.5.